The third-order valence-corrected chi connectivity index (χ3v) is 6.34. The van der Waals surface area contributed by atoms with E-state index in [1.165, 1.54) is 4.31 Å². The second-order valence-corrected chi connectivity index (χ2v) is 7.14. The molecular weight excluding hydrogens is 332 g/mol. The molecule has 1 aromatic rings. The Morgan fingerprint density at radius 1 is 1.37 bits per heavy atom. The molecule has 0 aromatic heterocycles. The van der Waals surface area contributed by atoms with Gasteiger partial charge in [0.2, 0.25) is 10.0 Å². The number of aryl methyl sites for hydroxylation is 1. The molecule has 7 heteroatoms. The van der Waals surface area contributed by atoms with E-state index < -0.39 is 10.0 Å². The summed E-state index contributed by atoms with van der Waals surface area (Å²) in [6.45, 7) is 3.83. The molecule has 0 bridgehead atoms. The van der Waals surface area contributed by atoms with Crippen LogP contribution in [-0.2, 0) is 21.3 Å². The quantitative estimate of drug-likeness (QED) is 0.891. The molecule has 1 aliphatic rings. The van der Waals surface area contributed by atoms with Crippen molar-refractivity contribution in [3.63, 3.8) is 0 Å². The Bertz CT molecular complexity index is 569. The van der Waals surface area contributed by atoms with Gasteiger partial charge in [-0.25, -0.2) is 8.42 Å². The van der Waals surface area contributed by atoms with E-state index in [0.29, 0.717) is 37.3 Å². The van der Waals surface area contributed by atoms with Crippen LogP contribution in [0.25, 0.3) is 0 Å². The third-order valence-electron chi connectivity index (χ3n) is 3.10. The van der Waals surface area contributed by atoms with E-state index in [9.17, 15) is 8.42 Å². The summed E-state index contributed by atoms with van der Waals surface area (Å²) < 4.78 is 32.5. The lowest BCUT2D eigenvalue weighted by Crippen LogP contribution is -2.40. The van der Waals surface area contributed by atoms with Crippen molar-refractivity contribution in [2.24, 2.45) is 5.73 Å². The summed E-state index contributed by atoms with van der Waals surface area (Å²) in [6, 6.07) is 3.53. The lowest BCUT2D eigenvalue weighted by atomic mass is 10.1. The SMILES string of the molecule is Cc1cc(CN)cc(S(=O)(=O)N2CCOCC2)c1Br. The first-order chi connectivity index (χ1) is 8.96. The zero-order chi connectivity index (χ0) is 14.0. The van der Waals surface area contributed by atoms with Gasteiger partial charge in [-0.15, -0.1) is 0 Å². The largest absolute Gasteiger partial charge is 0.379 e. The Balaban J connectivity index is 2.47. The summed E-state index contributed by atoms with van der Waals surface area (Å²) in [6.07, 6.45) is 0. The molecule has 0 aliphatic carbocycles. The van der Waals surface area contributed by atoms with Gasteiger partial charge < -0.3 is 10.5 Å². The first-order valence-corrected chi connectivity index (χ1v) is 8.27. The molecule has 106 valence electrons. The van der Waals surface area contributed by atoms with Gasteiger partial charge in [0.15, 0.2) is 0 Å². The van der Waals surface area contributed by atoms with Crippen LogP contribution in [0.15, 0.2) is 21.5 Å². The molecule has 1 aromatic carbocycles. The molecule has 2 rings (SSSR count). The Morgan fingerprint density at radius 2 is 2.00 bits per heavy atom. The van der Waals surface area contributed by atoms with E-state index in [-0.39, 0.29) is 4.90 Å². The fourth-order valence-corrected chi connectivity index (χ4v) is 4.48. The highest BCUT2D eigenvalue weighted by molar-refractivity contribution is 9.10. The Hall–Kier alpha value is -0.470. The van der Waals surface area contributed by atoms with Gasteiger partial charge in [-0.3, -0.25) is 0 Å². The highest BCUT2D eigenvalue weighted by Crippen LogP contribution is 2.29. The van der Waals surface area contributed by atoms with Crippen LogP contribution in [0.3, 0.4) is 0 Å². The van der Waals surface area contributed by atoms with Crippen LogP contribution in [0, 0.1) is 6.92 Å². The summed E-state index contributed by atoms with van der Waals surface area (Å²) in [5, 5.41) is 0. The Labute approximate surface area is 121 Å². The summed E-state index contributed by atoms with van der Waals surface area (Å²) >= 11 is 3.37. The Morgan fingerprint density at radius 3 is 2.58 bits per heavy atom. The van der Waals surface area contributed by atoms with Gasteiger partial charge >= 0.3 is 0 Å². The van der Waals surface area contributed by atoms with Crippen LogP contribution >= 0.6 is 15.9 Å². The number of ether oxygens (including phenoxy) is 1. The number of nitrogens with zero attached hydrogens (tertiary/aromatic N) is 1. The number of rotatable bonds is 3. The molecule has 0 unspecified atom stereocenters. The fraction of sp³-hybridized carbons (Fsp3) is 0.500. The maximum absolute atomic E-state index is 12.6. The van der Waals surface area contributed by atoms with Crippen molar-refractivity contribution in [2.45, 2.75) is 18.4 Å². The third kappa shape index (κ3) is 3.00. The molecule has 1 heterocycles. The molecule has 1 aliphatic heterocycles. The summed E-state index contributed by atoms with van der Waals surface area (Å²) in [5.41, 5.74) is 7.30. The van der Waals surface area contributed by atoms with E-state index in [0.717, 1.165) is 11.1 Å². The smallest absolute Gasteiger partial charge is 0.244 e. The van der Waals surface area contributed by atoms with Gasteiger partial charge in [0.1, 0.15) is 0 Å². The van der Waals surface area contributed by atoms with Crippen LogP contribution in [0.4, 0.5) is 0 Å². The van der Waals surface area contributed by atoms with E-state index in [1.54, 1.807) is 6.07 Å². The number of nitrogens with two attached hydrogens (primary N) is 1. The van der Waals surface area contributed by atoms with Gasteiger partial charge in [-0.2, -0.15) is 4.31 Å². The minimum absolute atomic E-state index is 0.287. The normalized spacial score (nSPS) is 17.6. The van der Waals surface area contributed by atoms with Crippen molar-refractivity contribution in [3.8, 4) is 0 Å². The van der Waals surface area contributed by atoms with Gasteiger partial charge in [0.25, 0.3) is 0 Å². The number of morpholine rings is 1. The highest BCUT2D eigenvalue weighted by Gasteiger charge is 2.28. The average molecular weight is 349 g/mol. The number of hydrogen-bond donors (Lipinski definition) is 1. The monoisotopic (exact) mass is 348 g/mol. The van der Waals surface area contributed by atoms with Gasteiger partial charge in [0.05, 0.1) is 18.1 Å². The van der Waals surface area contributed by atoms with Crippen molar-refractivity contribution in [1.82, 2.24) is 4.31 Å². The fourth-order valence-electron chi connectivity index (χ4n) is 2.04. The molecule has 0 atom stereocenters. The van der Waals surface area contributed by atoms with Crippen molar-refractivity contribution < 1.29 is 13.2 Å². The predicted octanol–water partition coefficient (Wildman–Crippen LogP) is 1.24. The van der Waals surface area contributed by atoms with Gasteiger partial charge in [-0.1, -0.05) is 6.07 Å². The molecule has 2 N–H and O–H groups in total. The van der Waals surface area contributed by atoms with Gasteiger partial charge in [0, 0.05) is 24.1 Å². The zero-order valence-electron chi connectivity index (χ0n) is 10.7. The van der Waals surface area contributed by atoms with E-state index in [2.05, 4.69) is 15.9 Å². The summed E-state index contributed by atoms with van der Waals surface area (Å²) in [5.74, 6) is 0. The number of hydrogen-bond acceptors (Lipinski definition) is 4. The number of benzene rings is 1. The highest BCUT2D eigenvalue weighted by atomic mass is 79.9. The second kappa shape index (κ2) is 5.88. The van der Waals surface area contributed by atoms with Crippen molar-refractivity contribution >= 4 is 26.0 Å². The lowest BCUT2D eigenvalue weighted by molar-refractivity contribution is 0.0730. The topological polar surface area (TPSA) is 72.6 Å². The summed E-state index contributed by atoms with van der Waals surface area (Å²) in [4.78, 5) is 0.287. The zero-order valence-corrected chi connectivity index (χ0v) is 13.1. The molecule has 19 heavy (non-hydrogen) atoms. The predicted molar refractivity (Wildman–Crippen MR) is 76.3 cm³/mol. The number of sulfonamides is 1. The minimum Gasteiger partial charge on any atom is -0.379 e. The first-order valence-electron chi connectivity index (χ1n) is 6.04. The maximum atomic E-state index is 12.6. The molecule has 0 saturated carbocycles. The maximum Gasteiger partial charge on any atom is 0.244 e. The van der Waals surface area contributed by atoms with Crippen molar-refractivity contribution in [2.75, 3.05) is 26.3 Å². The van der Waals surface area contributed by atoms with Crippen LogP contribution < -0.4 is 5.73 Å². The van der Waals surface area contributed by atoms with E-state index in [4.69, 9.17) is 10.5 Å². The summed E-state index contributed by atoms with van der Waals surface area (Å²) in [7, 11) is -3.50. The lowest BCUT2D eigenvalue weighted by Gasteiger charge is -2.27. The van der Waals surface area contributed by atoms with E-state index in [1.807, 2.05) is 13.0 Å². The second-order valence-electron chi connectivity index (χ2n) is 4.45. The standard InChI is InChI=1S/C12H17BrN2O3S/c1-9-6-10(8-14)7-11(12(9)13)19(16,17)15-2-4-18-5-3-15/h6-7H,2-5,8,14H2,1H3. The molecule has 0 radical (unpaired) electrons. The molecule has 1 fully saturated rings. The number of halogens is 1. The molecular formula is C12H17BrN2O3S. The molecule has 5 nitrogen and oxygen atoms in total. The minimum atomic E-state index is -3.50. The van der Waals surface area contributed by atoms with Crippen LogP contribution in [0.2, 0.25) is 0 Å². The van der Waals surface area contributed by atoms with Crippen molar-refractivity contribution in [1.29, 1.82) is 0 Å². The van der Waals surface area contributed by atoms with Crippen LogP contribution in [0.1, 0.15) is 11.1 Å². The molecule has 0 spiro atoms. The van der Waals surface area contributed by atoms with Crippen LogP contribution in [0.5, 0.6) is 0 Å². The average Bonchev–Trinajstić information content (AvgIpc) is 2.42. The Kier molecular flexibility index (Phi) is 4.62. The molecule has 0 amide bonds. The van der Waals surface area contributed by atoms with E-state index >= 15 is 0 Å². The first kappa shape index (κ1) is 14.9. The van der Waals surface area contributed by atoms with Crippen molar-refractivity contribution in [3.05, 3.63) is 27.7 Å². The van der Waals surface area contributed by atoms with Crippen LogP contribution in [-0.4, -0.2) is 39.0 Å². The molecule has 1 saturated heterocycles. The van der Waals surface area contributed by atoms with Gasteiger partial charge in [-0.05, 0) is 40.0 Å².